The highest BCUT2D eigenvalue weighted by Gasteiger charge is 2.32. The third-order valence-electron chi connectivity index (χ3n) is 4.94. The van der Waals surface area contributed by atoms with E-state index in [4.69, 9.17) is 4.42 Å². The number of carbonyl (C=O) groups excluding carboxylic acids is 1. The highest BCUT2D eigenvalue weighted by molar-refractivity contribution is 5.95. The van der Waals surface area contributed by atoms with E-state index >= 15 is 0 Å². The van der Waals surface area contributed by atoms with Crippen LogP contribution in [0.15, 0.2) is 63.8 Å². The number of nitrogens with zero attached hydrogens (tertiary/aromatic N) is 2. The molecular formula is C20H16N4O3. The van der Waals surface area contributed by atoms with Crippen LogP contribution >= 0.6 is 0 Å². The summed E-state index contributed by atoms with van der Waals surface area (Å²) in [6, 6.07) is 17.1. The first kappa shape index (κ1) is 15.6. The van der Waals surface area contributed by atoms with Crippen molar-refractivity contribution in [2.45, 2.75) is 18.9 Å². The Balaban J connectivity index is 1.62. The van der Waals surface area contributed by atoms with E-state index in [2.05, 4.69) is 15.5 Å². The lowest BCUT2D eigenvalue weighted by Crippen LogP contribution is -2.27. The van der Waals surface area contributed by atoms with Crippen LogP contribution < -0.4 is 11.1 Å². The Labute approximate surface area is 153 Å². The first-order chi connectivity index (χ1) is 13.2. The van der Waals surface area contributed by atoms with Gasteiger partial charge in [-0.05, 0) is 17.7 Å². The van der Waals surface area contributed by atoms with Crippen LogP contribution in [0, 0.1) is 0 Å². The van der Waals surface area contributed by atoms with E-state index < -0.39 is 5.76 Å². The van der Waals surface area contributed by atoms with E-state index in [1.807, 2.05) is 48.5 Å². The standard InChI is InChI=1S/C20H16N4O3/c25-16-10-13(11-24-14-8-4-5-9-15(14)27-20(24)26)17-18(22-23-19(17)21-16)12-6-2-1-3-7-12/h1-9,13H,10-11H2,(H2,21,22,23,25)/t13-/m0/s1. The Morgan fingerprint density at radius 3 is 2.70 bits per heavy atom. The molecule has 7 heteroatoms. The van der Waals surface area contributed by atoms with Crippen LogP contribution in [0.3, 0.4) is 0 Å². The number of aromatic nitrogens is 3. The van der Waals surface area contributed by atoms with Gasteiger partial charge >= 0.3 is 5.76 Å². The van der Waals surface area contributed by atoms with Gasteiger partial charge in [-0.3, -0.25) is 14.5 Å². The number of fused-ring (bicyclic) bond motifs is 2. The summed E-state index contributed by atoms with van der Waals surface area (Å²) in [6.07, 6.45) is 0.276. The molecule has 1 aliphatic heterocycles. The molecule has 134 valence electrons. The van der Waals surface area contributed by atoms with Crippen molar-refractivity contribution in [1.82, 2.24) is 14.8 Å². The lowest BCUT2D eigenvalue weighted by atomic mass is 9.89. The van der Waals surface area contributed by atoms with Crippen LogP contribution in [0.1, 0.15) is 17.9 Å². The SMILES string of the molecule is O=C1C[C@@H](Cn2c(=O)oc3ccccc32)c2c(n[nH]c2-c2ccccc2)N1. The van der Waals surface area contributed by atoms with Crippen LogP contribution in [0.5, 0.6) is 0 Å². The Bertz CT molecular complexity index is 1200. The fourth-order valence-electron chi connectivity index (χ4n) is 3.74. The van der Waals surface area contributed by atoms with Crippen LogP contribution in [-0.2, 0) is 11.3 Å². The molecule has 2 aromatic carbocycles. The van der Waals surface area contributed by atoms with E-state index in [0.717, 1.165) is 22.3 Å². The summed E-state index contributed by atoms with van der Waals surface area (Å²) >= 11 is 0. The highest BCUT2D eigenvalue weighted by atomic mass is 16.4. The molecule has 7 nitrogen and oxygen atoms in total. The van der Waals surface area contributed by atoms with Gasteiger partial charge in [-0.1, -0.05) is 42.5 Å². The third kappa shape index (κ3) is 2.55. The predicted molar refractivity (Wildman–Crippen MR) is 100 cm³/mol. The molecule has 2 aromatic heterocycles. The zero-order valence-electron chi connectivity index (χ0n) is 14.3. The number of H-pyrrole nitrogens is 1. The van der Waals surface area contributed by atoms with E-state index in [1.54, 1.807) is 10.6 Å². The molecule has 1 amide bonds. The number of carbonyl (C=O) groups is 1. The molecule has 0 saturated heterocycles. The molecule has 0 fully saturated rings. The minimum absolute atomic E-state index is 0.112. The molecule has 0 saturated carbocycles. The molecule has 0 unspecified atom stereocenters. The minimum Gasteiger partial charge on any atom is -0.408 e. The van der Waals surface area contributed by atoms with Crippen LogP contribution in [0.2, 0.25) is 0 Å². The van der Waals surface area contributed by atoms with E-state index in [9.17, 15) is 9.59 Å². The molecule has 27 heavy (non-hydrogen) atoms. The first-order valence-corrected chi connectivity index (χ1v) is 8.72. The molecule has 0 spiro atoms. The highest BCUT2D eigenvalue weighted by Crippen LogP contribution is 2.39. The third-order valence-corrected chi connectivity index (χ3v) is 4.94. The van der Waals surface area contributed by atoms with Crippen LogP contribution in [0.4, 0.5) is 5.82 Å². The maximum Gasteiger partial charge on any atom is 0.419 e. The Morgan fingerprint density at radius 1 is 1.07 bits per heavy atom. The molecular weight excluding hydrogens is 344 g/mol. The average Bonchev–Trinajstić information content (AvgIpc) is 3.24. The first-order valence-electron chi connectivity index (χ1n) is 8.72. The van der Waals surface area contributed by atoms with Crippen molar-refractivity contribution in [1.29, 1.82) is 0 Å². The Morgan fingerprint density at radius 2 is 1.85 bits per heavy atom. The van der Waals surface area contributed by atoms with Gasteiger partial charge in [0.2, 0.25) is 5.91 Å². The van der Waals surface area contributed by atoms with Gasteiger partial charge in [0.1, 0.15) is 0 Å². The molecule has 5 rings (SSSR count). The number of amides is 1. The molecule has 1 aliphatic rings. The van der Waals surface area contributed by atoms with E-state index in [1.165, 1.54) is 0 Å². The zero-order valence-corrected chi connectivity index (χ0v) is 14.3. The lowest BCUT2D eigenvalue weighted by molar-refractivity contribution is -0.116. The normalized spacial score (nSPS) is 16.3. The van der Waals surface area contributed by atoms with E-state index in [-0.39, 0.29) is 18.2 Å². The summed E-state index contributed by atoms with van der Waals surface area (Å²) < 4.78 is 6.92. The number of benzene rings is 2. The number of hydrogen-bond acceptors (Lipinski definition) is 4. The second-order valence-electron chi connectivity index (χ2n) is 6.62. The fourth-order valence-corrected chi connectivity index (χ4v) is 3.74. The summed E-state index contributed by atoms with van der Waals surface area (Å²) in [5, 5.41) is 10.1. The molecule has 1 atom stereocenters. The van der Waals surface area contributed by atoms with Gasteiger partial charge < -0.3 is 9.73 Å². The van der Waals surface area contributed by atoms with Crippen molar-refractivity contribution in [3.05, 3.63) is 70.7 Å². The van der Waals surface area contributed by atoms with Gasteiger partial charge in [-0.2, -0.15) is 5.10 Å². The summed E-state index contributed by atoms with van der Waals surface area (Å²) in [6.45, 7) is 0.343. The molecule has 0 bridgehead atoms. The van der Waals surface area contributed by atoms with Crippen LogP contribution in [0.25, 0.3) is 22.4 Å². The van der Waals surface area contributed by atoms with Crippen molar-refractivity contribution in [3.63, 3.8) is 0 Å². The van der Waals surface area contributed by atoms with Crippen molar-refractivity contribution in [3.8, 4) is 11.3 Å². The number of hydrogen-bond donors (Lipinski definition) is 2. The molecule has 0 radical (unpaired) electrons. The number of oxazole rings is 1. The van der Waals surface area contributed by atoms with Crippen molar-refractivity contribution < 1.29 is 9.21 Å². The number of nitrogens with one attached hydrogen (secondary N) is 2. The van der Waals surface area contributed by atoms with Gasteiger partial charge in [0, 0.05) is 24.4 Å². The van der Waals surface area contributed by atoms with Gasteiger partial charge in [-0.15, -0.1) is 0 Å². The zero-order chi connectivity index (χ0) is 18.4. The fraction of sp³-hybridized carbons (Fsp3) is 0.150. The Hall–Kier alpha value is -3.61. The summed E-state index contributed by atoms with van der Waals surface area (Å²) in [7, 11) is 0. The second-order valence-corrected chi connectivity index (χ2v) is 6.62. The number of anilines is 1. The van der Waals surface area contributed by atoms with Gasteiger partial charge in [-0.25, -0.2) is 4.79 Å². The van der Waals surface area contributed by atoms with Gasteiger partial charge in [0.05, 0.1) is 11.2 Å². The Kier molecular flexibility index (Phi) is 3.46. The quantitative estimate of drug-likeness (QED) is 0.587. The summed E-state index contributed by atoms with van der Waals surface area (Å²) in [4.78, 5) is 24.6. The van der Waals surface area contributed by atoms with Crippen molar-refractivity contribution in [2.75, 3.05) is 5.32 Å². The van der Waals surface area contributed by atoms with Crippen LogP contribution in [-0.4, -0.2) is 20.7 Å². The second kappa shape index (κ2) is 5.98. The maximum atomic E-state index is 12.4. The molecule has 2 N–H and O–H groups in total. The molecule has 3 heterocycles. The monoisotopic (exact) mass is 360 g/mol. The topological polar surface area (TPSA) is 92.9 Å². The van der Waals surface area contributed by atoms with Gasteiger partial charge in [0.15, 0.2) is 11.4 Å². The number of rotatable bonds is 3. The predicted octanol–water partition coefficient (Wildman–Crippen LogP) is 3.11. The summed E-state index contributed by atoms with van der Waals surface area (Å²) in [5.41, 5.74) is 4.02. The largest absolute Gasteiger partial charge is 0.419 e. The van der Waals surface area contributed by atoms with Crippen molar-refractivity contribution >= 4 is 22.8 Å². The number of aromatic amines is 1. The average molecular weight is 360 g/mol. The smallest absolute Gasteiger partial charge is 0.408 e. The molecule has 4 aromatic rings. The lowest BCUT2D eigenvalue weighted by Gasteiger charge is -2.23. The number of para-hydroxylation sites is 2. The maximum absolute atomic E-state index is 12.4. The van der Waals surface area contributed by atoms with E-state index in [0.29, 0.717) is 17.9 Å². The molecule has 0 aliphatic carbocycles. The van der Waals surface area contributed by atoms with Crippen molar-refractivity contribution in [2.24, 2.45) is 0 Å². The van der Waals surface area contributed by atoms with Gasteiger partial charge in [0.25, 0.3) is 0 Å². The summed E-state index contributed by atoms with van der Waals surface area (Å²) in [5.74, 6) is -0.203. The minimum atomic E-state index is -0.423.